The van der Waals surface area contributed by atoms with E-state index in [-0.39, 0.29) is 12.3 Å². The molecule has 4 nitrogen and oxygen atoms in total. The molecule has 0 radical (unpaired) electrons. The number of carbonyl (C=O) groups excluding carboxylic acids is 1. The Morgan fingerprint density at radius 2 is 2.44 bits per heavy atom. The molecule has 4 heteroatoms. The molecule has 1 aromatic carbocycles. The van der Waals surface area contributed by atoms with Gasteiger partial charge in [0.15, 0.2) is 0 Å². The third kappa shape index (κ3) is 3.84. The first-order chi connectivity index (χ1) is 7.76. The smallest absolute Gasteiger partial charge is 0.238 e. The third-order valence-corrected chi connectivity index (χ3v) is 1.73. The van der Waals surface area contributed by atoms with Crippen molar-refractivity contribution >= 4 is 11.6 Å². The first-order valence-corrected chi connectivity index (χ1v) is 4.77. The van der Waals surface area contributed by atoms with Crippen molar-refractivity contribution in [3.05, 3.63) is 36.9 Å². The van der Waals surface area contributed by atoms with Gasteiger partial charge in [-0.3, -0.25) is 4.79 Å². The molecule has 0 unspecified atom stereocenters. The van der Waals surface area contributed by atoms with Crippen LogP contribution in [0.1, 0.15) is 6.42 Å². The Bertz CT molecular complexity index is 421. The van der Waals surface area contributed by atoms with Crippen LogP contribution in [0.2, 0.25) is 0 Å². The topological polar surface area (TPSA) is 62.1 Å². The summed E-state index contributed by atoms with van der Waals surface area (Å²) in [6.45, 7) is 3.95. The van der Waals surface area contributed by atoms with Gasteiger partial charge in [0, 0.05) is 11.8 Å². The minimum absolute atomic E-state index is 0.155. The summed E-state index contributed by atoms with van der Waals surface area (Å²) in [5.41, 5.74) is 0.613. The molecule has 0 aliphatic heterocycles. The maximum absolute atomic E-state index is 11.1. The summed E-state index contributed by atoms with van der Waals surface area (Å²) in [6.07, 6.45) is 1.48. The van der Waals surface area contributed by atoms with Gasteiger partial charge in [0.1, 0.15) is 18.8 Å². The molecule has 1 N–H and O–H groups in total. The second kappa shape index (κ2) is 6.25. The number of nitrogens with zero attached hydrogens (tertiary/aromatic N) is 1. The van der Waals surface area contributed by atoms with Crippen LogP contribution in [0.25, 0.3) is 0 Å². The standard InChI is InChI=1S/C12H12N2O2/c1-2-8-16-11-5-3-4-10(9-11)14-12(15)6-7-13/h2-5,9H,1,6,8H2,(H,14,15). The summed E-state index contributed by atoms with van der Waals surface area (Å²) >= 11 is 0. The van der Waals surface area contributed by atoms with E-state index >= 15 is 0 Å². The number of anilines is 1. The molecular formula is C12H12N2O2. The van der Waals surface area contributed by atoms with Gasteiger partial charge >= 0.3 is 0 Å². The van der Waals surface area contributed by atoms with Crippen LogP contribution in [0.3, 0.4) is 0 Å². The maximum Gasteiger partial charge on any atom is 0.238 e. The molecule has 0 atom stereocenters. The van der Waals surface area contributed by atoms with Crippen LogP contribution in [-0.2, 0) is 4.79 Å². The van der Waals surface area contributed by atoms with Crippen molar-refractivity contribution in [3.8, 4) is 11.8 Å². The van der Waals surface area contributed by atoms with E-state index in [4.69, 9.17) is 10.00 Å². The molecule has 1 rings (SSSR count). The van der Waals surface area contributed by atoms with E-state index in [9.17, 15) is 4.79 Å². The van der Waals surface area contributed by atoms with E-state index in [1.54, 1.807) is 36.4 Å². The average Bonchev–Trinajstić information content (AvgIpc) is 2.27. The minimum Gasteiger partial charge on any atom is -0.489 e. The molecule has 16 heavy (non-hydrogen) atoms. The second-order valence-corrected chi connectivity index (χ2v) is 3.01. The first-order valence-electron chi connectivity index (χ1n) is 4.77. The quantitative estimate of drug-likeness (QED) is 0.766. The average molecular weight is 216 g/mol. The molecule has 1 aromatic rings. The molecular weight excluding hydrogens is 204 g/mol. The molecule has 0 aliphatic carbocycles. The highest BCUT2D eigenvalue weighted by atomic mass is 16.5. The van der Waals surface area contributed by atoms with E-state index < -0.39 is 0 Å². The Kier molecular flexibility index (Phi) is 4.61. The molecule has 0 saturated heterocycles. The lowest BCUT2D eigenvalue weighted by Crippen LogP contribution is -2.10. The van der Waals surface area contributed by atoms with Crippen molar-refractivity contribution < 1.29 is 9.53 Å². The SMILES string of the molecule is C=CCOc1cccc(NC(=O)CC#N)c1. The van der Waals surface area contributed by atoms with Gasteiger partial charge in [-0.05, 0) is 12.1 Å². The number of hydrogen-bond acceptors (Lipinski definition) is 3. The van der Waals surface area contributed by atoms with Gasteiger partial charge in [0.05, 0.1) is 6.07 Å². The van der Waals surface area contributed by atoms with Crippen molar-refractivity contribution in [2.45, 2.75) is 6.42 Å². The molecule has 0 aromatic heterocycles. The van der Waals surface area contributed by atoms with Gasteiger partial charge in [-0.15, -0.1) is 0 Å². The Labute approximate surface area is 94.1 Å². The maximum atomic E-state index is 11.1. The zero-order valence-electron chi connectivity index (χ0n) is 8.77. The third-order valence-electron chi connectivity index (χ3n) is 1.73. The lowest BCUT2D eigenvalue weighted by atomic mass is 10.3. The number of nitrogens with one attached hydrogen (secondary N) is 1. The Hall–Kier alpha value is -2.28. The zero-order chi connectivity index (χ0) is 11.8. The molecule has 0 fully saturated rings. The van der Waals surface area contributed by atoms with E-state index in [0.717, 1.165) is 0 Å². The Morgan fingerprint density at radius 1 is 1.62 bits per heavy atom. The highest BCUT2D eigenvalue weighted by Gasteiger charge is 2.01. The predicted octanol–water partition coefficient (Wildman–Crippen LogP) is 2.10. The number of ether oxygens (including phenoxy) is 1. The van der Waals surface area contributed by atoms with Crippen molar-refractivity contribution in [1.82, 2.24) is 0 Å². The lowest BCUT2D eigenvalue weighted by Gasteiger charge is -2.06. The highest BCUT2D eigenvalue weighted by Crippen LogP contribution is 2.17. The minimum atomic E-state index is -0.330. The monoisotopic (exact) mass is 216 g/mol. The van der Waals surface area contributed by atoms with Crippen LogP contribution in [0.15, 0.2) is 36.9 Å². The van der Waals surface area contributed by atoms with Crippen LogP contribution in [0.4, 0.5) is 5.69 Å². The fourth-order valence-electron chi connectivity index (χ4n) is 1.10. The summed E-state index contributed by atoms with van der Waals surface area (Å²) in [5, 5.41) is 10.9. The van der Waals surface area contributed by atoms with E-state index in [1.807, 2.05) is 0 Å². The van der Waals surface area contributed by atoms with E-state index in [0.29, 0.717) is 18.0 Å². The largest absolute Gasteiger partial charge is 0.489 e. The Morgan fingerprint density at radius 3 is 3.12 bits per heavy atom. The number of carbonyl (C=O) groups is 1. The molecule has 0 spiro atoms. The number of nitriles is 1. The number of hydrogen-bond donors (Lipinski definition) is 1. The molecule has 0 aliphatic rings. The molecule has 1 amide bonds. The van der Waals surface area contributed by atoms with Gasteiger partial charge < -0.3 is 10.1 Å². The number of benzene rings is 1. The van der Waals surface area contributed by atoms with Crippen LogP contribution in [-0.4, -0.2) is 12.5 Å². The van der Waals surface area contributed by atoms with Gasteiger partial charge in [-0.1, -0.05) is 18.7 Å². The van der Waals surface area contributed by atoms with Gasteiger partial charge in [0.2, 0.25) is 5.91 Å². The van der Waals surface area contributed by atoms with Crippen LogP contribution in [0, 0.1) is 11.3 Å². The summed E-state index contributed by atoms with van der Waals surface area (Å²) in [7, 11) is 0. The molecule has 82 valence electrons. The normalized spacial score (nSPS) is 8.94. The van der Waals surface area contributed by atoms with Crippen LogP contribution in [0.5, 0.6) is 5.75 Å². The van der Waals surface area contributed by atoms with Crippen molar-refractivity contribution in [2.24, 2.45) is 0 Å². The molecule has 0 saturated carbocycles. The fraction of sp³-hybridized carbons (Fsp3) is 0.167. The highest BCUT2D eigenvalue weighted by molar-refractivity contribution is 5.92. The predicted molar refractivity (Wildman–Crippen MR) is 61.0 cm³/mol. The van der Waals surface area contributed by atoms with Gasteiger partial charge in [-0.25, -0.2) is 0 Å². The van der Waals surface area contributed by atoms with E-state index in [1.165, 1.54) is 0 Å². The van der Waals surface area contributed by atoms with Crippen molar-refractivity contribution in [1.29, 1.82) is 5.26 Å². The van der Waals surface area contributed by atoms with Crippen molar-refractivity contribution in [2.75, 3.05) is 11.9 Å². The Balaban J connectivity index is 2.63. The lowest BCUT2D eigenvalue weighted by molar-refractivity contribution is -0.115. The van der Waals surface area contributed by atoms with E-state index in [2.05, 4.69) is 11.9 Å². The summed E-state index contributed by atoms with van der Waals surface area (Å²) in [5.74, 6) is 0.318. The summed E-state index contributed by atoms with van der Waals surface area (Å²) < 4.78 is 5.30. The fourth-order valence-corrected chi connectivity index (χ4v) is 1.10. The van der Waals surface area contributed by atoms with Gasteiger partial charge in [0.25, 0.3) is 0 Å². The molecule has 0 heterocycles. The van der Waals surface area contributed by atoms with Crippen molar-refractivity contribution in [3.63, 3.8) is 0 Å². The van der Waals surface area contributed by atoms with Crippen LogP contribution < -0.4 is 10.1 Å². The summed E-state index contributed by atoms with van der Waals surface area (Å²) in [4.78, 5) is 11.1. The number of amides is 1. The zero-order valence-corrected chi connectivity index (χ0v) is 8.77. The molecule has 0 bridgehead atoms. The van der Waals surface area contributed by atoms with Crippen LogP contribution >= 0.6 is 0 Å². The number of rotatable bonds is 5. The van der Waals surface area contributed by atoms with Gasteiger partial charge in [-0.2, -0.15) is 5.26 Å². The summed E-state index contributed by atoms with van der Waals surface area (Å²) in [6, 6.07) is 8.75. The second-order valence-electron chi connectivity index (χ2n) is 3.01. The first kappa shape index (κ1) is 11.8.